The van der Waals surface area contributed by atoms with Crippen LogP contribution in [0.3, 0.4) is 0 Å². The van der Waals surface area contributed by atoms with Gasteiger partial charge in [0.25, 0.3) is 0 Å². The quantitative estimate of drug-likeness (QED) is 0.545. The molecule has 0 unspecified atom stereocenters. The second kappa shape index (κ2) is 11.6. The van der Waals surface area contributed by atoms with Crippen molar-refractivity contribution >= 4 is 0 Å². The summed E-state index contributed by atoms with van der Waals surface area (Å²) in [5.74, 6) is 0. The molecule has 0 fully saturated rings. The van der Waals surface area contributed by atoms with Gasteiger partial charge in [-0.1, -0.05) is 12.1 Å². The Morgan fingerprint density at radius 3 is 2.67 bits per heavy atom. The van der Waals surface area contributed by atoms with E-state index in [1.165, 1.54) is 0 Å². The van der Waals surface area contributed by atoms with Crippen LogP contribution in [0.1, 0.15) is 26.5 Å². The van der Waals surface area contributed by atoms with Crippen LogP contribution < -0.4 is 5.32 Å². The highest BCUT2D eigenvalue weighted by molar-refractivity contribution is 4.89. The van der Waals surface area contributed by atoms with Gasteiger partial charge in [0.1, 0.15) is 5.69 Å². The topological polar surface area (TPSA) is 70.4 Å². The Balaban J connectivity index is 1.97. The van der Waals surface area contributed by atoms with E-state index in [1.54, 1.807) is 4.68 Å². The zero-order chi connectivity index (χ0) is 15.3. The number of nitrogens with zero attached hydrogens (tertiary/aromatic N) is 3. The lowest BCUT2D eigenvalue weighted by atomic mass is 10.4. The van der Waals surface area contributed by atoms with Gasteiger partial charge < -0.3 is 19.5 Å². The number of ether oxygens (including phenoxy) is 3. The highest BCUT2D eigenvalue weighted by Crippen LogP contribution is 1.99. The summed E-state index contributed by atoms with van der Waals surface area (Å²) in [7, 11) is 0. The van der Waals surface area contributed by atoms with Crippen molar-refractivity contribution in [2.24, 2.45) is 0 Å². The molecule has 1 heterocycles. The molecule has 0 amide bonds. The number of hydrogen-bond donors (Lipinski definition) is 1. The van der Waals surface area contributed by atoms with E-state index in [1.807, 2.05) is 20.0 Å². The van der Waals surface area contributed by atoms with Gasteiger partial charge >= 0.3 is 0 Å². The highest BCUT2D eigenvalue weighted by atomic mass is 16.5. The van der Waals surface area contributed by atoms with Crippen LogP contribution in [0.4, 0.5) is 0 Å². The summed E-state index contributed by atoms with van der Waals surface area (Å²) < 4.78 is 18.1. The lowest BCUT2D eigenvalue weighted by molar-refractivity contribution is 0.0450. The Hall–Kier alpha value is -1.02. The first-order valence-electron chi connectivity index (χ1n) is 7.59. The standard InChI is InChI=1S/C14H28N4O3/c1-4-15-5-7-19-9-10-20-8-6-18-11-14(16-17-18)12-21-13(2)3/h11,13,15H,4-10,12H2,1-3H3. The Kier molecular flexibility index (Phi) is 9.98. The van der Waals surface area contributed by atoms with Gasteiger partial charge in [0.2, 0.25) is 0 Å². The largest absolute Gasteiger partial charge is 0.378 e. The summed E-state index contributed by atoms with van der Waals surface area (Å²) >= 11 is 0. The molecule has 0 aromatic carbocycles. The predicted molar refractivity (Wildman–Crippen MR) is 80.1 cm³/mol. The Bertz CT molecular complexity index is 358. The molecule has 0 saturated carbocycles. The molecule has 0 radical (unpaired) electrons. The molecule has 7 heteroatoms. The number of aromatic nitrogens is 3. The van der Waals surface area contributed by atoms with Crippen molar-refractivity contribution in [3.8, 4) is 0 Å². The minimum Gasteiger partial charge on any atom is -0.378 e. The second-order valence-electron chi connectivity index (χ2n) is 4.91. The third-order valence-corrected chi connectivity index (χ3v) is 2.66. The van der Waals surface area contributed by atoms with Gasteiger partial charge in [-0.3, -0.25) is 0 Å². The molecule has 0 atom stereocenters. The fraction of sp³-hybridized carbons (Fsp3) is 0.857. The van der Waals surface area contributed by atoms with Gasteiger partial charge in [-0.15, -0.1) is 5.10 Å². The maximum atomic E-state index is 5.49. The van der Waals surface area contributed by atoms with E-state index in [4.69, 9.17) is 14.2 Å². The van der Waals surface area contributed by atoms with Gasteiger partial charge in [0.05, 0.1) is 51.9 Å². The second-order valence-corrected chi connectivity index (χ2v) is 4.91. The van der Waals surface area contributed by atoms with Crippen molar-refractivity contribution in [3.05, 3.63) is 11.9 Å². The Labute approximate surface area is 126 Å². The van der Waals surface area contributed by atoms with E-state index < -0.39 is 0 Å². The highest BCUT2D eigenvalue weighted by Gasteiger charge is 2.02. The normalized spacial score (nSPS) is 11.4. The van der Waals surface area contributed by atoms with Crippen LogP contribution in [0.2, 0.25) is 0 Å². The van der Waals surface area contributed by atoms with E-state index in [0.29, 0.717) is 33.0 Å². The van der Waals surface area contributed by atoms with Crippen molar-refractivity contribution in [3.63, 3.8) is 0 Å². The molecule has 0 saturated heterocycles. The maximum absolute atomic E-state index is 5.49. The van der Waals surface area contributed by atoms with E-state index in [2.05, 4.69) is 22.6 Å². The minimum atomic E-state index is 0.200. The first-order valence-corrected chi connectivity index (χ1v) is 7.59. The Morgan fingerprint density at radius 1 is 1.19 bits per heavy atom. The van der Waals surface area contributed by atoms with Crippen LogP contribution in [0.15, 0.2) is 6.20 Å². The van der Waals surface area contributed by atoms with Gasteiger partial charge in [0.15, 0.2) is 0 Å². The van der Waals surface area contributed by atoms with Crippen molar-refractivity contribution in [2.45, 2.75) is 40.0 Å². The monoisotopic (exact) mass is 300 g/mol. The lowest BCUT2D eigenvalue weighted by Crippen LogP contribution is -2.20. The summed E-state index contributed by atoms with van der Waals surface area (Å²) in [4.78, 5) is 0. The molecular weight excluding hydrogens is 272 g/mol. The van der Waals surface area contributed by atoms with Crippen molar-refractivity contribution in [2.75, 3.05) is 39.5 Å². The molecule has 7 nitrogen and oxygen atoms in total. The van der Waals surface area contributed by atoms with Crippen molar-refractivity contribution in [1.82, 2.24) is 20.3 Å². The zero-order valence-electron chi connectivity index (χ0n) is 13.4. The molecule has 122 valence electrons. The zero-order valence-corrected chi connectivity index (χ0v) is 13.4. The van der Waals surface area contributed by atoms with Crippen LogP contribution >= 0.6 is 0 Å². The SMILES string of the molecule is CCNCCOCCOCCn1cc(COC(C)C)nn1. The summed E-state index contributed by atoms with van der Waals surface area (Å²) in [6, 6.07) is 0. The first-order chi connectivity index (χ1) is 10.2. The number of hydrogen-bond acceptors (Lipinski definition) is 6. The molecule has 0 aliphatic carbocycles. The van der Waals surface area contributed by atoms with Gasteiger partial charge in [0, 0.05) is 6.54 Å². The first kappa shape index (κ1) is 18.0. The molecule has 1 N–H and O–H groups in total. The number of rotatable bonds is 13. The average molecular weight is 300 g/mol. The molecule has 0 aliphatic rings. The summed E-state index contributed by atoms with van der Waals surface area (Å²) in [6.07, 6.45) is 2.09. The molecule has 1 aromatic rings. The van der Waals surface area contributed by atoms with Crippen molar-refractivity contribution in [1.29, 1.82) is 0 Å². The molecule has 0 bridgehead atoms. The van der Waals surface area contributed by atoms with E-state index >= 15 is 0 Å². The smallest absolute Gasteiger partial charge is 0.108 e. The maximum Gasteiger partial charge on any atom is 0.108 e. The van der Waals surface area contributed by atoms with Crippen molar-refractivity contribution < 1.29 is 14.2 Å². The summed E-state index contributed by atoms with van der Waals surface area (Å²) in [5.41, 5.74) is 0.843. The van der Waals surface area contributed by atoms with E-state index in [-0.39, 0.29) is 6.10 Å². The third-order valence-electron chi connectivity index (χ3n) is 2.66. The average Bonchev–Trinajstić information content (AvgIpc) is 2.91. The van der Waals surface area contributed by atoms with Crippen LogP contribution in [-0.2, 0) is 27.4 Å². The Morgan fingerprint density at radius 2 is 1.95 bits per heavy atom. The number of nitrogens with one attached hydrogen (secondary N) is 1. The van der Waals surface area contributed by atoms with Gasteiger partial charge in [-0.05, 0) is 20.4 Å². The fourth-order valence-corrected chi connectivity index (χ4v) is 1.57. The minimum absolute atomic E-state index is 0.200. The van der Waals surface area contributed by atoms with Gasteiger partial charge in [-0.2, -0.15) is 0 Å². The molecular formula is C14H28N4O3. The lowest BCUT2D eigenvalue weighted by Gasteiger charge is -2.06. The van der Waals surface area contributed by atoms with E-state index in [9.17, 15) is 0 Å². The third kappa shape index (κ3) is 9.52. The summed E-state index contributed by atoms with van der Waals surface area (Å²) in [5, 5.41) is 11.3. The van der Waals surface area contributed by atoms with Crippen LogP contribution in [0.5, 0.6) is 0 Å². The predicted octanol–water partition coefficient (Wildman–Crippen LogP) is 0.846. The molecule has 0 spiro atoms. The van der Waals surface area contributed by atoms with Crippen LogP contribution in [0, 0.1) is 0 Å². The fourth-order valence-electron chi connectivity index (χ4n) is 1.57. The molecule has 0 aliphatic heterocycles. The van der Waals surface area contributed by atoms with Crippen LogP contribution in [0.25, 0.3) is 0 Å². The molecule has 1 aromatic heterocycles. The number of likely N-dealkylation sites (N-methyl/N-ethyl adjacent to an activating group) is 1. The molecule has 1 rings (SSSR count). The van der Waals surface area contributed by atoms with E-state index in [0.717, 1.165) is 25.4 Å². The summed E-state index contributed by atoms with van der Waals surface area (Å²) in [6.45, 7) is 11.7. The van der Waals surface area contributed by atoms with Crippen LogP contribution in [-0.4, -0.2) is 60.6 Å². The van der Waals surface area contributed by atoms with Gasteiger partial charge in [-0.25, -0.2) is 4.68 Å². The molecule has 21 heavy (non-hydrogen) atoms.